The van der Waals surface area contributed by atoms with Crippen LogP contribution in [0.4, 0.5) is 4.79 Å². The van der Waals surface area contributed by atoms with Gasteiger partial charge in [-0.15, -0.1) is 0 Å². The molecule has 2 aliphatic rings. The quantitative estimate of drug-likeness (QED) is 0.612. The van der Waals surface area contributed by atoms with Crippen LogP contribution in [0.3, 0.4) is 0 Å². The second-order valence-electron chi connectivity index (χ2n) is 4.33. The second-order valence-corrected chi connectivity index (χ2v) is 4.33. The maximum absolute atomic E-state index is 12.1. The summed E-state index contributed by atoms with van der Waals surface area (Å²) < 4.78 is 4.66. The van der Waals surface area contributed by atoms with Crippen molar-refractivity contribution in [1.29, 1.82) is 0 Å². The average molecular weight is 257 g/mol. The molecule has 2 heterocycles. The van der Waals surface area contributed by atoms with E-state index in [0.717, 1.165) is 5.01 Å². The van der Waals surface area contributed by atoms with E-state index in [1.54, 1.807) is 0 Å². The van der Waals surface area contributed by atoms with E-state index in [4.69, 9.17) is 10.8 Å². The summed E-state index contributed by atoms with van der Waals surface area (Å²) in [6.07, 6.45) is -1.03. The van der Waals surface area contributed by atoms with Crippen molar-refractivity contribution in [2.45, 2.75) is 38.0 Å². The number of carboxylic acid groups (broad SMARTS) is 1. The Morgan fingerprint density at radius 2 is 2.11 bits per heavy atom. The number of nitrogens with two attached hydrogens (primary N) is 1. The zero-order valence-corrected chi connectivity index (χ0v) is 9.74. The van der Waals surface area contributed by atoms with E-state index < -0.39 is 24.3 Å². The van der Waals surface area contributed by atoms with Crippen LogP contribution in [0.25, 0.3) is 0 Å². The highest BCUT2D eigenvalue weighted by atomic mass is 16.7. The van der Waals surface area contributed by atoms with Crippen molar-refractivity contribution in [3.8, 4) is 0 Å². The van der Waals surface area contributed by atoms with Crippen LogP contribution < -0.4 is 5.73 Å². The molecule has 2 atom stereocenters. The number of rotatable bonds is 1. The Hall–Kier alpha value is -1.83. The monoisotopic (exact) mass is 257 g/mol. The van der Waals surface area contributed by atoms with Crippen LogP contribution in [-0.4, -0.2) is 51.9 Å². The predicted octanol–water partition coefficient (Wildman–Crippen LogP) is -0.506. The minimum Gasteiger partial charge on any atom is -0.450 e. The summed E-state index contributed by atoms with van der Waals surface area (Å²) in [6.45, 7) is 0.386. The van der Waals surface area contributed by atoms with Gasteiger partial charge in [0, 0.05) is 19.4 Å². The zero-order valence-electron chi connectivity index (χ0n) is 9.74. The molecule has 0 aromatic heterocycles. The Kier molecular flexibility index (Phi) is 3.37. The number of carbonyl (C=O) groups excluding carboxylic acids is 2. The van der Waals surface area contributed by atoms with Crippen molar-refractivity contribution in [3.05, 3.63) is 0 Å². The maximum atomic E-state index is 12.1. The first-order valence-electron chi connectivity index (χ1n) is 5.79. The van der Waals surface area contributed by atoms with E-state index in [1.165, 1.54) is 5.01 Å². The van der Waals surface area contributed by atoms with Crippen LogP contribution in [0.15, 0.2) is 0 Å². The fourth-order valence-electron chi connectivity index (χ4n) is 2.23. The number of carbonyl (C=O) groups is 3. The van der Waals surface area contributed by atoms with Gasteiger partial charge >= 0.3 is 6.16 Å². The largest absolute Gasteiger partial charge is 0.507 e. The molecule has 100 valence electrons. The van der Waals surface area contributed by atoms with Crippen LogP contribution in [0.5, 0.6) is 0 Å². The van der Waals surface area contributed by atoms with Gasteiger partial charge in [-0.1, -0.05) is 0 Å². The number of fused-ring (bicyclic) bond motifs is 1. The first-order chi connectivity index (χ1) is 8.50. The number of amides is 2. The number of hydrazine groups is 1. The van der Waals surface area contributed by atoms with Crippen molar-refractivity contribution in [2.24, 2.45) is 5.73 Å². The molecule has 0 bridgehead atoms. The van der Waals surface area contributed by atoms with Crippen molar-refractivity contribution < 1.29 is 24.2 Å². The SMILES string of the molecule is N[C@H]1CCC(=O)N2CCC[C@H](OC(=O)O)N2C1=O. The third-order valence-electron chi connectivity index (χ3n) is 3.09. The summed E-state index contributed by atoms with van der Waals surface area (Å²) in [7, 11) is 0. The third kappa shape index (κ3) is 2.23. The van der Waals surface area contributed by atoms with Gasteiger partial charge in [-0.25, -0.2) is 14.8 Å². The summed E-state index contributed by atoms with van der Waals surface area (Å²) in [5.41, 5.74) is 5.67. The molecular formula is C10H15N3O5. The standard InChI is InChI=1S/C10H15N3O5/c11-6-3-4-7(14)12-5-1-2-8(18-10(16)17)13(12)9(6)15/h6,8H,1-5,11H2,(H,16,17)/t6-,8-/m0/s1. The summed E-state index contributed by atoms with van der Waals surface area (Å²) >= 11 is 0. The van der Waals surface area contributed by atoms with Crippen LogP contribution in [0, 0.1) is 0 Å². The number of ether oxygens (including phenoxy) is 1. The Morgan fingerprint density at radius 1 is 1.39 bits per heavy atom. The lowest BCUT2D eigenvalue weighted by Crippen LogP contribution is -2.60. The Bertz CT molecular complexity index is 386. The highest BCUT2D eigenvalue weighted by Crippen LogP contribution is 2.24. The van der Waals surface area contributed by atoms with E-state index in [0.29, 0.717) is 19.4 Å². The Balaban J connectivity index is 2.26. The Labute approximate surface area is 103 Å². The molecule has 8 nitrogen and oxygen atoms in total. The summed E-state index contributed by atoms with van der Waals surface area (Å²) in [5.74, 6) is -0.693. The third-order valence-corrected chi connectivity index (χ3v) is 3.09. The summed E-state index contributed by atoms with van der Waals surface area (Å²) in [6, 6.07) is -0.794. The van der Waals surface area contributed by atoms with Crippen LogP contribution in [-0.2, 0) is 14.3 Å². The van der Waals surface area contributed by atoms with Crippen LogP contribution in [0.2, 0.25) is 0 Å². The van der Waals surface area contributed by atoms with Gasteiger partial charge in [0.15, 0.2) is 6.23 Å². The molecule has 2 amide bonds. The van der Waals surface area contributed by atoms with Gasteiger partial charge in [0.25, 0.3) is 5.91 Å². The predicted molar refractivity (Wildman–Crippen MR) is 57.9 cm³/mol. The Morgan fingerprint density at radius 3 is 2.78 bits per heavy atom. The van der Waals surface area contributed by atoms with Crippen molar-refractivity contribution in [2.75, 3.05) is 6.54 Å². The summed E-state index contributed by atoms with van der Waals surface area (Å²) in [4.78, 5) is 34.5. The topological polar surface area (TPSA) is 113 Å². The molecule has 18 heavy (non-hydrogen) atoms. The van der Waals surface area contributed by atoms with Crippen molar-refractivity contribution in [1.82, 2.24) is 10.0 Å². The van der Waals surface area contributed by atoms with Gasteiger partial charge in [-0.3, -0.25) is 9.59 Å². The molecule has 0 unspecified atom stereocenters. The van der Waals surface area contributed by atoms with E-state index in [1.807, 2.05) is 0 Å². The van der Waals surface area contributed by atoms with Gasteiger partial charge in [0.2, 0.25) is 5.91 Å². The molecule has 0 spiro atoms. The average Bonchev–Trinajstić information content (AvgIpc) is 2.42. The van der Waals surface area contributed by atoms with Gasteiger partial charge in [-0.2, -0.15) is 0 Å². The highest BCUT2D eigenvalue weighted by molar-refractivity contribution is 5.88. The molecule has 2 fully saturated rings. The van der Waals surface area contributed by atoms with E-state index in [2.05, 4.69) is 4.74 Å². The molecule has 0 aliphatic carbocycles. The lowest BCUT2D eigenvalue weighted by Gasteiger charge is -2.41. The normalized spacial score (nSPS) is 28.7. The first kappa shape index (κ1) is 12.6. The van der Waals surface area contributed by atoms with E-state index in [-0.39, 0.29) is 18.7 Å². The molecule has 2 aliphatic heterocycles. The minimum absolute atomic E-state index is 0.184. The molecule has 8 heteroatoms. The lowest BCUT2D eigenvalue weighted by molar-refractivity contribution is -0.195. The smallest absolute Gasteiger partial charge is 0.450 e. The zero-order chi connectivity index (χ0) is 13.3. The molecule has 3 N–H and O–H groups in total. The molecular weight excluding hydrogens is 242 g/mol. The van der Waals surface area contributed by atoms with E-state index in [9.17, 15) is 14.4 Å². The van der Waals surface area contributed by atoms with Gasteiger partial charge in [-0.05, 0) is 12.8 Å². The minimum atomic E-state index is -1.47. The molecule has 0 saturated carbocycles. The second kappa shape index (κ2) is 4.81. The van der Waals surface area contributed by atoms with Gasteiger partial charge in [0.1, 0.15) is 0 Å². The molecule has 0 radical (unpaired) electrons. The lowest BCUT2D eigenvalue weighted by atomic mass is 10.1. The van der Waals surface area contributed by atoms with Crippen molar-refractivity contribution >= 4 is 18.0 Å². The molecule has 2 saturated heterocycles. The summed E-state index contributed by atoms with van der Waals surface area (Å²) in [5, 5.41) is 11.0. The molecule has 0 aromatic rings. The van der Waals surface area contributed by atoms with Crippen LogP contribution >= 0.6 is 0 Å². The number of nitrogens with zero attached hydrogens (tertiary/aromatic N) is 2. The van der Waals surface area contributed by atoms with Crippen LogP contribution in [0.1, 0.15) is 25.7 Å². The van der Waals surface area contributed by atoms with Gasteiger partial charge < -0.3 is 15.6 Å². The first-order valence-corrected chi connectivity index (χ1v) is 5.79. The fraction of sp³-hybridized carbons (Fsp3) is 0.700. The van der Waals surface area contributed by atoms with Crippen molar-refractivity contribution in [3.63, 3.8) is 0 Å². The molecule has 2 rings (SSSR count). The van der Waals surface area contributed by atoms with E-state index >= 15 is 0 Å². The van der Waals surface area contributed by atoms with Gasteiger partial charge in [0.05, 0.1) is 6.04 Å². The maximum Gasteiger partial charge on any atom is 0.507 e. The number of hydrogen-bond acceptors (Lipinski definition) is 5. The highest BCUT2D eigenvalue weighted by Gasteiger charge is 2.42. The fourth-order valence-corrected chi connectivity index (χ4v) is 2.23. The molecule has 0 aromatic carbocycles. The number of hydrogen-bond donors (Lipinski definition) is 2.